The Kier molecular flexibility index (Phi) is 4.72. The number of hydrogen-bond donors (Lipinski definition) is 0. The third kappa shape index (κ3) is 4.03. The van der Waals surface area contributed by atoms with Gasteiger partial charge in [-0.1, -0.05) is 11.6 Å². The zero-order valence-corrected chi connectivity index (χ0v) is 10.0. The number of alkyl halides is 3. The number of esters is 1. The Labute approximate surface area is 106 Å². The fourth-order valence-electron chi connectivity index (χ4n) is 1.09. The van der Waals surface area contributed by atoms with Gasteiger partial charge in [-0.3, -0.25) is 0 Å². The molecule has 1 rings (SSSR count). The highest BCUT2D eigenvalue weighted by atomic mass is 35.5. The second-order valence-electron chi connectivity index (χ2n) is 3.19. The van der Waals surface area contributed by atoms with Gasteiger partial charge in [0, 0.05) is 17.8 Å². The Morgan fingerprint density at radius 1 is 1.56 bits per heavy atom. The number of carbonyl (C=O) groups excluding carboxylic acids is 1. The topological polar surface area (TPSA) is 39.2 Å². The van der Waals surface area contributed by atoms with Crippen molar-refractivity contribution in [3.63, 3.8) is 0 Å². The van der Waals surface area contributed by atoms with E-state index in [1.165, 1.54) is 0 Å². The third-order valence-corrected chi connectivity index (χ3v) is 2.19. The van der Waals surface area contributed by atoms with E-state index < -0.39 is 17.7 Å². The van der Waals surface area contributed by atoms with Gasteiger partial charge in [0.2, 0.25) is 0 Å². The summed E-state index contributed by atoms with van der Waals surface area (Å²) in [5.41, 5.74) is -0.935. The van der Waals surface area contributed by atoms with Gasteiger partial charge in [0.1, 0.15) is 5.15 Å². The zero-order valence-electron chi connectivity index (χ0n) is 9.29. The van der Waals surface area contributed by atoms with E-state index in [2.05, 4.69) is 9.72 Å². The molecular weight excluding hydrogens is 271 g/mol. The summed E-state index contributed by atoms with van der Waals surface area (Å²) in [6.45, 7) is 1.79. The lowest BCUT2D eigenvalue weighted by atomic mass is 10.2. The van der Waals surface area contributed by atoms with Crippen LogP contribution in [0.25, 0.3) is 6.08 Å². The number of carbonyl (C=O) groups is 1. The number of nitrogens with zero attached hydrogens (tertiary/aromatic N) is 1. The van der Waals surface area contributed by atoms with E-state index in [0.717, 1.165) is 18.2 Å². The van der Waals surface area contributed by atoms with Crippen molar-refractivity contribution in [2.75, 3.05) is 6.61 Å². The molecule has 3 nitrogen and oxygen atoms in total. The van der Waals surface area contributed by atoms with Crippen LogP contribution >= 0.6 is 11.6 Å². The van der Waals surface area contributed by atoms with Crippen LogP contribution in [0.3, 0.4) is 0 Å². The van der Waals surface area contributed by atoms with Crippen LogP contribution in [-0.2, 0) is 15.7 Å². The molecule has 1 aromatic rings. The minimum absolute atomic E-state index is 0.000422. The summed E-state index contributed by atoms with van der Waals surface area (Å²) in [5.74, 6) is -0.661. The first kappa shape index (κ1) is 14.5. The van der Waals surface area contributed by atoms with E-state index in [-0.39, 0.29) is 17.3 Å². The normalized spacial score (nSPS) is 11.8. The summed E-state index contributed by atoms with van der Waals surface area (Å²) in [7, 11) is 0. The first-order valence-electron chi connectivity index (χ1n) is 4.92. The van der Waals surface area contributed by atoms with Crippen molar-refractivity contribution in [3.8, 4) is 0 Å². The standard InChI is InChI=1S/C11H9ClF3NO2/c1-2-18-9(17)4-3-7-5-8(11(13,14)15)6-16-10(7)12/h3-6H,2H2,1H3/b4-3+. The van der Waals surface area contributed by atoms with Crippen LogP contribution < -0.4 is 0 Å². The minimum Gasteiger partial charge on any atom is -0.463 e. The van der Waals surface area contributed by atoms with E-state index >= 15 is 0 Å². The summed E-state index contributed by atoms with van der Waals surface area (Å²) in [4.78, 5) is 14.4. The van der Waals surface area contributed by atoms with Crippen LogP contribution in [0, 0.1) is 0 Å². The van der Waals surface area contributed by atoms with Crippen molar-refractivity contribution >= 4 is 23.6 Å². The van der Waals surface area contributed by atoms with Gasteiger partial charge in [0.05, 0.1) is 12.2 Å². The predicted octanol–water partition coefficient (Wildman–Crippen LogP) is 3.33. The predicted molar refractivity (Wildman–Crippen MR) is 59.9 cm³/mol. The molecule has 98 valence electrons. The molecule has 0 aliphatic rings. The summed E-state index contributed by atoms with van der Waals surface area (Å²) < 4.78 is 41.9. The number of ether oxygens (including phenoxy) is 1. The smallest absolute Gasteiger partial charge is 0.417 e. The maximum absolute atomic E-state index is 12.4. The first-order valence-corrected chi connectivity index (χ1v) is 5.30. The minimum atomic E-state index is -4.51. The Morgan fingerprint density at radius 3 is 2.78 bits per heavy atom. The van der Waals surface area contributed by atoms with Crippen molar-refractivity contribution in [2.24, 2.45) is 0 Å². The van der Waals surface area contributed by atoms with Crippen molar-refractivity contribution in [1.29, 1.82) is 0 Å². The Balaban J connectivity index is 2.98. The van der Waals surface area contributed by atoms with Crippen molar-refractivity contribution in [2.45, 2.75) is 13.1 Å². The molecular formula is C11H9ClF3NO2. The number of aromatic nitrogens is 1. The second kappa shape index (κ2) is 5.86. The lowest BCUT2D eigenvalue weighted by Gasteiger charge is -2.07. The van der Waals surface area contributed by atoms with Gasteiger partial charge < -0.3 is 4.74 Å². The maximum atomic E-state index is 12.4. The quantitative estimate of drug-likeness (QED) is 0.484. The molecule has 0 amide bonds. The molecule has 0 spiro atoms. The molecule has 0 bridgehead atoms. The SMILES string of the molecule is CCOC(=O)/C=C/c1cc(C(F)(F)F)cnc1Cl. The number of pyridine rings is 1. The van der Waals surface area contributed by atoms with E-state index in [1.807, 2.05) is 0 Å². The molecule has 0 saturated carbocycles. The molecule has 0 saturated heterocycles. The lowest BCUT2D eigenvalue weighted by molar-refractivity contribution is -0.138. The largest absolute Gasteiger partial charge is 0.463 e. The summed E-state index contributed by atoms with van der Waals surface area (Å²) in [5, 5.41) is -0.122. The van der Waals surface area contributed by atoms with Crippen molar-refractivity contribution in [3.05, 3.63) is 34.6 Å². The molecule has 1 aromatic heterocycles. The van der Waals surface area contributed by atoms with Gasteiger partial charge in [-0.15, -0.1) is 0 Å². The van der Waals surface area contributed by atoms with E-state index in [1.54, 1.807) is 6.92 Å². The number of rotatable bonds is 3. The van der Waals surface area contributed by atoms with Gasteiger partial charge in [-0.2, -0.15) is 13.2 Å². The van der Waals surface area contributed by atoms with Crippen LogP contribution in [0.15, 0.2) is 18.3 Å². The highest BCUT2D eigenvalue weighted by molar-refractivity contribution is 6.30. The molecule has 0 atom stereocenters. The molecule has 18 heavy (non-hydrogen) atoms. The van der Waals surface area contributed by atoms with E-state index in [9.17, 15) is 18.0 Å². The van der Waals surface area contributed by atoms with Crippen LogP contribution in [0.2, 0.25) is 5.15 Å². The number of hydrogen-bond acceptors (Lipinski definition) is 3. The molecule has 0 aliphatic heterocycles. The monoisotopic (exact) mass is 279 g/mol. The van der Waals surface area contributed by atoms with Crippen LogP contribution in [0.1, 0.15) is 18.1 Å². The Bertz CT molecular complexity index is 472. The highest BCUT2D eigenvalue weighted by Crippen LogP contribution is 2.30. The summed E-state index contributed by atoms with van der Waals surface area (Å²) in [6, 6.07) is 0.811. The first-order chi connectivity index (χ1) is 8.34. The fourth-order valence-corrected chi connectivity index (χ4v) is 1.25. The zero-order chi connectivity index (χ0) is 13.8. The van der Waals surface area contributed by atoms with Gasteiger partial charge >= 0.3 is 12.1 Å². The molecule has 0 aromatic carbocycles. The highest BCUT2D eigenvalue weighted by Gasteiger charge is 2.31. The van der Waals surface area contributed by atoms with Gasteiger partial charge in [0.25, 0.3) is 0 Å². The van der Waals surface area contributed by atoms with Crippen LogP contribution in [-0.4, -0.2) is 17.6 Å². The molecule has 0 fully saturated rings. The summed E-state index contributed by atoms with van der Waals surface area (Å²) in [6.07, 6.45) is -1.76. The van der Waals surface area contributed by atoms with Crippen molar-refractivity contribution in [1.82, 2.24) is 4.98 Å². The molecule has 0 N–H and O–H groups in total. The Morgan fingerprint density at radius 2 is 2.22 bits per heavy atom. The Hall–Kier alpha value is -1.56. The number of halogens is 4. The fraction of sp³-hybridized carbons (Fsp3) is 0.273. The molecule has 0 radical (unpaired) electrons. The average molecular weight is 280 g/mol. The van der Waals surface area contributed by atoms with Crippen molar-refractivity contribution < 1.29 is 22.7 Å². The van der Waals surface area contributed by atoms with Crippen LogP contribution in [0.4, 0.5) is 13.2 Å². The lowest BCUT2D eigenvalue weighted by Crippen LogP contribution is -2.06. The van der Waals surface area contributed by atoms with E-state index in [4.69, 9.17) is 11.6 Å². The summed E-state index contributed by atoms with van der Waals surface area (Å²) >= 11 is 5.62. The van der Waals surface area contributed by atoms with Gasteiger partial charge in [-0.05, 0) is 19.1 Å². The third-order valence-electron chi connectivity index (χ3n) is 1.88. The maximum Gasteiger partial charge on any atom is 0.417 e. The van der Waals surface area contributed by atoms with E-state index in [0.29, 0.717) is 6.20 Å². The molecule has 0 unspecified atom stereocenters. The molecule has 1 heterocycles. The van der Waals surface area contributed by atoms with Crippen LogP contribution in [0.5, 0.6) is 0 Å². The van der Waals surface area contributed by atoms with Gasteiger partial charge in [0.15, 0.2) is 0 Å². The second-order valence-corrected chi connectivity index (χ2v) is 3.55. The van der Waals surface area contributed by atoms with Gasteiger partial charge in [-0.25, -0.2) is 9.78 Å². The molecule has 7 heteroatoms. The molecule has 0 aliphatic carbocycles. The average Bonchev–Trinajstić information content (AvgIpc) is 2.26.